The first-order chi connectivity index (χ1) is 10.1. The smallest absolute Gasteiger partial charge is 0.251 e. The van der Waals surface area contributed by atoms with Gasteiger partial charge in [-0.1, -0.05) is 41.4 Å². The third kappa shape index (κ3) is 4.21. The molecule has 0 saturated carbocycles. The number of benzene rings is 2. The van der Waals surface area contributed by atoms with Crippen LogP contribution in [0.15, 0.2) is 42.5 Å². The Balaban J connectivity index is 1.93. The van der Waals surface area contributed by atoms with E-state index < -0.39 is 0 Å². The van der Waals surface area contributed by atoms with Crippen LogP contribution in [0.2, 0.25) is 10.0 Å². The van der Waals surface area contributed by atoms with E-state index in [1.165, 1.54) is 0 Å². The first-order valence-electron chi connectivity index (χ1n) is 6.56. The molecule has 0 atom stereocenters. The Kier molecular flexibility index (Phi) is 5.62. The molecular formula is C16H16Cl2N2O. The molecule has 0 bridgehead atoms. The van der Waals surface area contributed by atoms with Gasteiger partial charge in [0.2, 0.25) is 0 Å². The number of carbonyl (C=O) groups excluding carboxylic acids is 1. The molecule has 5 heteroatoms. The average molecular weight is 323 g/mol. The van der Waals surface area contributed by atoms with Crippen LogP contribution in [0.3, 0.4) is 0 Å². The first-order valence-corrected chi connectivity index (χ1v) is 7.32. The summed E-state index contributed by atoms with van der Waals surface area (Å²) in [6.45, 7) is 1.27. The van der Waals surface area contributed by atoms with Crippen molar-refractivity contribution in [1.82, 2.24) is 10.6 Å². The van der Waals surface area contributed by atoms with Crippen LogP contribution in [0.25, 0.3) is 0 Å². The van der Waals surface area contributed by atoms with E-state index in [-0.39, 0.29) is 5.91 Å². The molecule has 0 aliphatic heterocycles. The highest BCUT2D eigenvalue weighted by Gasteiger charge is 2.05. The highest BCUT2D eigenvalue weighted by atomic mass is 35.5. The minimum atomic E-state index is -0.0858. The van der Waals surface area contributed by atoms with E-state index in [2.05, 4.69) is 10.6 Å². The number of rotatable bonds is 5. The molecule has 2 rings (SSSR count). The summed E-state index contributed by atoms with van der Waals surface area (Å²) in [5.41, 5.74) is 2.63. The third-order valence-electron chi connectivity index (χ3n) is 3.14. The van der Waals surface area contributed by atoms with E-state index in [0.717, 1.165) is 11.1 Å². The van der Waals surface area contributed by atoms with Crippen molar-refractivity contribution in [2.24, 2.45) is 0 Å². The van der Waals surface area contributed by atoms with Crippen LogP contribution >= 0.6 is 23.2 Å². The summed E-state index contributed by atoms with van der Waals surface area (Å²) in [5, 5.41) is 7.20. The fourth-order valence-electron chi connectivity index (χ4n) is 1.95. The Morgan fingerprint density at radius 2 is 1.62 bits per heavy atom. The number of hydrogen-bond donors (Lipinski definition) is 2. The minimum absolute atomic E-state index is 0.0858. The number of hydrogen-bond acceptors (Lipinski definition) is 2. The maximum atomic E-state index is 11.4. The number of nitrogens with one attached hydrogen (secondary N) is 2. The second-order valence-electron chi connectivity index (χ2n) is 4.58. The molecule has 0 fully saturated rings. The third-order valence-corrected chi connectivity index (χ3v) is 3.84. The lowest BCUT2D eigenvalue weighted by Crippen LogP contribution is -2.18. The molecule has 2 aromatic carbocycles. The van der Waals surface area contributed by atoms with Crippen LogP contribution in [-0.2, 0) is 13.1 Å². The molecule has 0 radical (unpaired) electrons. The number of carbonyl (C=O) groups is 1. The zero-order valence-corrected chi connectivity index (χ0v) is 13.1. The van der Waals surface area contributed by atoms with Crippen molar-refractivity contribution in [2.45, 2.75) is 13.1 Å². The number of halogens is 2. The fraction of sp³-hybridized carbons (Fsp3) is 0.188. The number of amides is 1. The molecular weight excluding hydrogens is 307 g/mol. The Hall–Kier alpha value is -1.55. The monoisotopic (exact) mass is 322 g/mol. The van der Waals surface area contributed by atoms with Crippen LogP contribution in [0.1, 0.15) is 21.5 Å². The van der Waals surface area contributed by atoms with Crippen molar-refractivity contribution in [3.8, 4) is 0 Å². The molecule has 1 amide bonds. The van der Waals surface area contributed by atoms with Crippen LogP contribution in [0, 0.1) is 0 Å². The van der Waals surface area contributed by atoms with E-state index in [4.69, 9.17) is 23.2 Å². The van der Waals surface area contributed by atoms with Crippen molar-refractivity contribution < 1.29 is 4.79 Å². The van der Waals surface area contributed by atoms with Crippen LogP contribution in [0.5, 0.6) is 0 Å². The lowest BCUT2D eigenvalue weighted by molar-refractivity contribution is 0.0963. The van der Waals surface area contributed by atoms with E-state index in [1.54, 1.807) is 19.2 Å². The van der Waals surface area contributed by atoms with Gasteiger partial charge >= 0.3 is 0 Å². The van der Waals surface area contributed by atoms with Gasteiger partial charge in [0.25, 0.3) is 5.91 Å². The predicted molar refractivity (Wildman–Crippen MR) is 86.8 cm³/mol. The molecule has 0 heterocycles. The second kappa shape index (κ2) is 7.46. The summed E-state index contributed by atoms with van der Waals surface area (Å²) in [6, 6.07) is 12.9. The molecule has 0 aliphatic carbocycles. The van der Waals surface area contributed by atoms with E-state index in [0.29, 0.717) is 28.7 Å². The van der Waals surface area contributed by atoms with Gasteiger partial charge in [0, 0.05) is 41.3 Å². The molecule has 0 saturated heterocycles. The Morgan fingerprint density at radius 3 is 2.19 bits per heavy atom. The van der Waals surface area contributed by atoms with Gasteiger partial charge in [-0.2, -0.15) is 0 Å². The first kappa shape index (κ1) is 15.8. The van der Waals surface area contributed by atoms with Crippen LogP contribution in [-0.4, -0.2) is 13.0 Å². The maximum absolute atomic E-state index is 11.4. The fourth-order valence-corrected chi connectivity index (χ4v) is 2.48. The topological polar surface area (TPSA) is 41.1 Å². The Labute approximate surface area is 134 Å². The van der Waals surface area contributed by atoms with E-state index in [9.17, 15) is 4.79 Å². The van der Waals surface area contributed by atoms with Gasteiger partial charge < -0.3 is 10.6 Å². The van der Waals surface area contributed by atoms with Gasteiger partial charge in [-0.15, -0.1) is 0 Å². The summed E-state index contributed by atoms with van der Waals surface area (Å²) >= 11 is 12.2. The van der Waals surface area contributed by atoms with Gasteiger partial charge in [0.15, 0.2) is 0 Å². The molecule has 0 spiro atoms. The van der Waals surface area contributed by atoms with Crippen molar-refractivity contribution in [3.05, 3.63) is 69.2 Å². The second-order valence-corrected chi connectivity index (χ2v) is 5.39. The quantitative estimate of drug-likeness (QED) is 0.882. The van der Waals surface area contributed by atoms with Crippen molar-refractivity contribution in [2.75, 3.05) is 7.05 Å². The van der Waals surface area contributed by atoms with Crippen LogP contribution < -0.4 is 10.6 Å². The molecule has 3 nitrogen and oxygen atoms in total. The molecule has 0 aliphatic rings. The summed E-state index contributed by atoms with van der Waals surface area (Å²) in [4.78, 5) is 11.4. The molecule has 0 aromatic heterocycles. The SMILES string of the molecule is CNC(=O)c1ccc(CNCc2c(Cl)cccc2Cl)cc1. The summed E-state index contributed by atoms with van der Waals surface area (Å²) in [7, 11) is 1.62. The Morgan fingerprint density at radius 1 is 1.00 bits per heavy atom. The molecule has 21 heavy (non-hydrogen) atoms. The van der Waals surface area contributed by atoms with Gasteiger partial charge in [-0.25, -0.2) is 0 Å². The maximum Gasteiger partial charge on any atom is 0.251 e. The highest BCUT2D eigenvalue weighted by molar-refractivity contribution is 6.35. The highest BCUT2D eigenvalue weighted by Crippen LogP contribution is 2.23. The van der Waals surface area contributed by atoms with Gasteiger partial charge in [0.05, 0.1) is 0 Å². The lowest BCUT2D eigenvalue weighted by Gasteiger charge is -2.09. The summed E-state index contributed by atoms with van der Waals surface area (Å²) in [5.74, 6) is -0.0858. The normalized spacial score (nSPS) is 10.4. The minimum Gasteiger partial charge on any atom is -0.355 e. The van der Waals surface area contributed by atoms with Crippen molar-refractivity contribution >= 4 is 29.1 Å². The van der Waals surface area contributed by atoms with Crippen molar-refractivity contribution in [1.29, 1.82) is 0 Å². The van der Waals surface area contributed by atoms with Gasteiger partial charge in [0.1, 0.15) is 0 Å². The standard InChI is InChI=1S/C16H16Cl2N2O/c1-19-16(21)12-7-5-11(6-8-12)9-20-10-13-14(17)3-2-4-15(13)18/h2-8,20H,9-10H2,1H3,(H,19,21). The average Bonchev–Trinajstić information content (AvgIpc) is 2.50. The molecule has 2 N–H and O–H groups in total. The summed E-state index contributed by atoms with van der Waals surface area (Å²) < 4.78 is 0. The summed E-state index contributed by atoms with van der Waals surface area (Å²) in [6.07, 6.45) is 0. The van der Waals surface area contributed by atoms with E-state index >= 15 is 0 Å². The molecule has 2 aromatic rings. The predicted octanol–water partition coefficient (Wildman–Crippen LogP) is 3.64. The van der Waals surface area contributed by atoms with E-state index in [1.807, 2.05) is 30.3 Å². The largest absolute Gasteiger partial charge is 0.355 e. The van der Waals surface area contributed by atoms with Crippen LogP contribution in [0.4, 0.5) is 0 Å². The van der Waals surface area contributed by atoms with Crippen molar-refractivity contribution in [3.63, 3.8) is 0 Å². The zero-order chi connectivity index (χ0) is 15.2. The Bertz CT molecular complexity index is 606. The molecule has 0 unspecified atom stereocenters. The molecule has 110 valence electrons. The van der Waals surface area contributed by atoms with Gasteiger partial charge in [-0.3, -0.25) is 4.79 Å². The van der Waals surface area contributed by atoms with Gasteiger partial charge in [-0.05, 0) is 29.8 Å². The zero-order valence-electron chi connectivity index (χ0n) is 11.6. The lowest BCUT2D eigenvalue weighted by atomic mass is 10.1.